The van der Waals surface area contributed by atoms with Gasteiger partial charge in [0.25, 0.3) is 0 Å². The first-order valence-corrected chi connectivity index (χ1v) is 11.1. The number of carbonyl (C=O) groups is 5. The van der Waals surface area contributed by atoms with Crippen molar-refractivity contribution in [2.45, 2.75) is 117 Å². The molecule has 11 nitrogen and oxygen atoms in total. The van der Waals surface area contributed by atoms with Crippen LogP contribution in [0.3, 0.4) is 0 Å². The molecule has 0 rings (SSSR count). The van der Waals surface area contributed by atoms with Crippen molar-refractivity contribution >= 4 is 29.9 Å². The van der Waals surface area contributed by atoms with Crippen LogP contribution in [0.5, 0.6) is 0 Å². The van der Waals surface area contributed by atoms with Crippen LogP contribution < -0.4 is 10.6 Å². The molecule has 3 N–H and O–H groups in total. The van der Waals surface area contributed by atoms with Crippen LogP contribution in [-0.4, -0.2) is 63.9 Å². The van der Waals surface area contributed by atoms with Gasteiger partial charge in [-0.2, -0.15) is 0 Å². The molecule has 2 amide bonds. The Kier molecular flexibility index (Phi) is 11.5. The van der Waals surface area contributed by atoms with Gasteiger partial charge in [-0.05, 0) is 75.2 Å². The Labute approximate surface area is 201 Å². The van der Waals surface area contributed by atoms with E-state index in [4.69, 9.17) is 19.3 Å². The molecule has 34 heavy (non-hydrogen) atoms. The number of nitrogens with one attached hydrogen (secondary N) is 2. The Hall–Kier alpha value is -2.85. The normalized spacial score (nSPS) is 13.8. The molecule has 0 aliphatic carbocycles. The van der Waals surface area contributed by atoms with Gasteiger partial charge in [-0.15, -0.1) is 0 Å². The lowest BCUT2D eigenvalue weighted by Gasteiger charge is -2.27. The standard InChI is InChI=1S/C23H40N2O9/c1-21(2,3)32-17(28)13-11-15(19(30)33-22(4,5)6)24-18(29)14(10-12-16(26)27)25-20(31)34-23(7,8)9/h14-15H,10-13H2,1-9H3,(H,24,29)(H,25,31)(H,26,27)/t14-,15-/m1/s1. The zero-order valence-electron chi connectivity index (χ0n) is 21.7. The molecule has 0 aromatic heterocycles. The summed E-state index contributed by atoms with van der Waals surface area (Å²) in [6.45, 7) is 15.0. The van der Waals surface area contributed by atoms with Gasteiger partial charge in [-0.25, -0.2) is 9.59 Å². The van der Waals surface area contributed by atoms with E-state index >= 15 is 0 Å². The molecule has 0 saturated carbocycles. The second kappa shape index (κ2) is 12.6. The molecule has 0 aromatic rings. The summed E-state index contributed by atoms with van der Waals surface area (Å²) in [7, 11) is 0. The summed E-state index contributed by atoms with van der Waals surface area (Å²) in [6.07, 6.45) is -1.87. The van der Waals surface area contributed by atoms with Crippen molar-refractivity contribution in [3.05, 3.63) is 0 Å². The summed E-state index contributed by atoms with van der Waals surface area (Å²) in [5, 5.41) is 13.8. The predicted molar refractivity (Wildman–Crippen MR) is 123 cm³/mol. The highest BCUT2D eigenvalue weighted by molar-refractivity contribution is 5.90. The minimum Gasteiger partial charge on any atom is -0.481 e. The monoisotopic (exact) mass is 488 g/mol. The van der Waals surface area contributed by atoms with E-state index in [1.165, 1.54) is 0 Å². The third-order valence-corrected chi connectivity index (χ3v) is 3.72. The lowest BCUT2D eigenvalue weighted by molar-refractivity contribution is -0.160. The van der Waals surface area contributed by atoms with Crippen molar-refractivity contribution in [3.8, 4) is 0 Å². The number of hydrogen-bond acceptors (Lipinski definition) is 8. The van der Waals surface area contributed by atoms with E-state index in [9.17, 15) is 24.0 Å². The molecular weight excluding hydrogens is 448 g/mol. The molecular formula is C23H40N2O9. The maximum absolute atomic E-state index is 12.9. The first-order valence-electron chi connectivity index (χ1n) is 11.1. The van der Waals surface area contributed by atoms with Crippen molar-refractivity contribution < 1.29 is 43.3 Å². The van der Waals surface area contributed by atoms with Gasteiger partial charge < -0.3 is 30.0 Å². The van der Waals surface area contributed by atoms with E-state index in [-0.39, 0.29) is 19.3 Å². The zero-order chi connectivity index (χ0) is 26.9. The van der Waals surface area contributed by atoms with E-state index in [1.807, 2.05) is 0 Å². The highest BCUT2D eigenvalue weighted by Crippen LogP contribution is 2.14. The molecule has 0 aliphatic rings. The van der Waals surface area contributed by atoms with Crippen molar-refractivity contribution in [3.63, 3.8) is 0 Å². The van der Waals surface area contributed by atoms with E-state index in [1.54, 1.807) is 62.3 Å². The summed E-state index contributed by atoms with van der Waals surface area (Å²) < 4.78 is 15.7. The number of rotatable bonds is 10. The number of alkyl carbamates (subject to hydrolysis) is 1. The van der Waals surface area contributed by atoms with Crippen LogP contribution in [0.2, 0.25) is 0 Å². The van der Waals surface area contributed by atoms with Gasteiger partial charge in [0.2, 0.25) is 5.91 Å². The second-order valence-electron chi connectivity index (χ2n) is 10.9. The van der Waals surface area contributed by atoms with E-state index < -0.39 is 65.2 Å². The molecule has 0 spiro atoms. The molecule has 0 fully saturated rings. The number of ether oxygens (including phenoxy) is 3. The average Bonchev–Trinajstić information content (AvgIpc) is 2.56. The molecule has 0 unspecified atom stereocenters. The number of carboxylic acids is 1. The number of carboxylic acid groups (broad SMARTS) is 1. The highest BCUT2D eigenvalue weighted by atomic mass is 16.6. The number of esters is 2. The molecule has 0 aliphatic heterocycles. The molecule has 0 aromatic carbocycles. The summed E-state index contributed by atoms with van der Waals surface area (Å²) in [6, 6.07) is -2.52. The maximum Gasteiger partial charge on any atom is 0.408 e. The van der Waals surface area contributed by atoms with E-state index in [0.29, 0.717) is 0 Å². The van der Waals surface area contributed by atoms with Crippen molar-refractivity contribution in [1.29, 1.82) is 0 Å². The third kappa shape index (κ3) is 15.9. The Balaban J connectivity index is 5.55. The van der Waals surface area contributed by atoms with Gasteiger partial charge in [-0.1, -0.05) is 0 Å². The topological polar surface area (TPSA) is 157 Å². The fraction of sp³-hybridized carbons (Fsp3) is 0.783. The lowest BCUT2D eigenvalue weighted by atomic mass is 10.1. The van der Waals surface area contributed by atoms with E-state index in [0.717, 1.165) is 0 Å². The largest absolute Gasteiger partial charge is 0.481 e. The molecule has 0 radical (unpaired) electrons. The Morgan fingerprint density at radius 2 is 1.15 bits per heavy atom. The van der Waals surface area contributed by atoms with Crippen LogP contribution >= 0.6 is 0 Å². The van der Waals surface area contributed by atoms with Gasteiger partial charge >= 0.3 is 24.0 Å². The molecule has 11 heteroatoms. The number of carbonyl (C=O) groups excluding carboxylic acids is 4. The molecule has 0 bridgehead atoms. The number of aliphatic carboxylic acids is 1. The van der Waals surface area contributed by atoms with Crippen molar-refractivity contribution in [1.82, 2.24) is 10.6 Å². The Morgan fingerprint density at radius 1 is 0.676 bits per heavy atom. The fourth-order valence-electron chi connectivity index (χ4n) is 2.54. The van der Waals surface area contributed by atoms with Crippen molar-refractivity contribution in [2.24, 2.45) is 0 Å². The quantitative estimate of drug-likeness (QED) is 0.310. The molecule has 2 atom stereocenters. The van der Waals surface area contributed by atoms with Gasteiger partial charge in [0.1, 0.15) is 28.9 Å². The van der Waals surface area contributed by atoms with Crippen LogP contribution in [0.15, 0.2) is 0 Å². The smallest absolute Gasteiger partial charge is 0.408 e. The maximum atomic E-state index is 12.9. The van der Waals surface area contributed by atoms with Crippen LogP contribution in [0.4, 0.5) is 4.79 Å². The number of hydrogen-bond donors (Lipinski definition) is 3. The molecule has 196 valence electrons. The Morgan fingerprint density at radius 3 is 1.59 bits per heavy atom. The number of amides is 2. The second-order valence-corrected chi connectivity index (χ2v) is 10.9. The minimum absolute atomic E-state index is 0.117. The third-order valence-electron chi connectivity index (χ3n) is 3.72. The van der Waals surface area contributed by atoms with Gasteiger partial charge in [0.15, 0.2) is 0 Å². The van der Waals surface area contributed by atoms with Crippen LogP contribution in [0.1, 0.15) is 88.0 Å². The summed E-state index contributed by atoms with van der Waals surface area (Å²) in [5.74, 6) is -3.33. The fourth-order valence-corrected chi connectivity index (χ4v) is 2.54. The predicted octanol–water partition coefficient (Wildman–Crippen LogP) is 2.69. The molecule has 0 heterocycles. The summed E-state index contributed by atoms with van der Waals surface area (Å²) >= 11 is 0. The van der Waals surface area contributed by atoms with Gasteiger partial charge in [0.05, 0.1) is 0 Å². The Bertz CT molecular complexity index is 743. The summed E-state index contributed by atoms with van der Waals surface area (Å²) in [5.41, 5.74) is -2.42. The van der Waals surface area contributed by atoms with Gasteiger partial charge in [0, 0.05) is 12.8 Å². The van der Waals surface area contributed by atoms with Crippen LogP contribution in [-0.2, 0) is 33.4 Å². The SMILES string of the molecule is CC(C)(C)OC(=O)CC[C@@H](NC(=O)[C@@H](CCC(=O)O)NC(=O)OC(C)(C)C)C(=O)OC(C)(C)C. The first-order chi connectivity index (χ1) is 15.2. The first kappa shape index (κ1) is 31.1. The average molecular weight is 489 g/mol. The zero-order valence-corrected chi connectivity index (χ0v) is 21.7. The van der Waals surface area contributed by atoms with Crippen LogP contribution in [0.25, 0.3) is 0 Å². The minimum atomic E-state index is -1.29. The van der Waals surface area contributed by atoms with Crippen molar-refractivity contribution in [2.75, 3.05) is 0 Å². The molecule has 0 saturated heterocycles. The summed E-state index contributed by atoms with van der Waals surface area (Å²) in [4.78, 5) is 60.9. The van der Waals surface area contributed by atoms with Crippen LogP contribution in [0, 0.1) is 0 Å². The van der Waals surface area contributed by atoms with E-state index in [2.05, 4.69) is 10.6 Å². The lowest BCUT2D eigenvalue weighted by Crippen LogP contribution is -2.53. The van der Waals surface area contributed by atoms with Gasteiger partial charge in [-0.3, -0.25) is 14.4 Å². The highest BCUT2D eigenvalue weighted by Gasteiger charge is 2.32.